The molecule has 1 aromatic rings. The monoisotopic (exact) mass is 310 g/mol. The molecule has 2 aliphatic rings. The molecule has 1 N–H and O–H groups in total. The number of hydrogen-bond donors (Lipinski definition) is 1. The van der Waals surface area contributed by atoms with E-state index in [1.54, 1.807) is 12.1 Å². The molecule has 1 atom stereocenters. The van der Waals surface area contributed by atoms with Crippen LogP contribution in [0, 0.1) is 5.82 Å². The Kier molecular flexibility index (Phi) is 4.53. The van der Waals surface area contributed by atoms with Crippen LogP contribution in [0.25, 0.3) is 0 Å². The second-order valence-electron chi connectivity index (χ2n) is 6.57. The third-order valence-electron chi connectivity index (χ3n) is 5.15. The van der Waals surface area contributed by atoms with Crippen molar-refractivity contribution in [2.45, 2.75) is 57.2 Å². The second kappa shape index (κ2) is 6.23. The lowest BCUT2D eigenvalue weighted by atomic mass is 9.91. The van der Waals surface area contributed by atoms with E-state index >= 15 is 0 Å². The van der Waals surface area contributed by atoms with Crippen LogP contribution >= 0.6 is 11.6 Å². The summed E-state index contributed by atoms with van der Waals surface area (Å²) < 4.78 is 14.0. The fourth-order valence-electron chi connectivity index (χ4n) is 3.89. The summed E-state index contributed by atoms with van der Waals surface area (Å²) in [6.45, 7) is 4.91. The maximum atomic E-state index is 14.0. The summed E-state index contributed by atoms with van der Waals surface area (Å²) in [4.78, 5) is 2.45. The first-order valence-electron chi connectivity index (χ1n) is 8.05. The van der Waals surface area contributed by atoms with Gasteiger partial charge in [0.25, 0.3) is 0 Å². The average Bonchev–Trinajstić information content (AvgIpc) is 2.91. The van der Waals surface area contributed by atoms with Gasteiger partial charge in [0, 0.05) is 41.8 Å². The number of rotatable bonds is 3. The summed E-state index contributed by atoms with van der Waals surface area (Å²) in [6.07, 6.45) is 6.20. The van der Waals surface area contributed by atoms with Crippen LogP contribution in [-0.4, -0.2) is 29.6 Å². The molecule has 1 aliphatic heterocycles. The largest absolute Gasteiger partial charge is 0.308 e. The van der Waals surface area contributed by atoms with Crippen LogP contribution in [0.3, 0.4) is 0 Å². The zero-order chi connectivity index (χ0) is 14.9. The zero-order valence-electron chi connectivity index (χ0n) is 12.7. The van der Waals surface area contributed by atoms with Crippen LogP contribution in [0.5, 0.6) is 0 Å². The predicted octanol–water partition coefficient (Wildman–Crippen LogP) is 3.98. The van der Waals surface area contributed by atoms with Crippen LogP contribution < -0.4 is 5.32 Å². The lowest BCUT2D eigenvalue weighted by Crippen LogP contribution is -2.62. The van der Waals surface area contributed by atoms with Gasteiger partial charge in [-0.2, -0.15) is 0 Å². The molecule has 3 rings (SSSR count). The number of halogens is 2. The smallest absolute Gasteiger partial charge is 0.127 e. The van der Waals surface area contributed by atoms with Crippen molar-refractivity contribution in [3.8, 4) is 0 Å². The number of nitrogens with zero attached hydrogens (tertiary/aromatic N) is 1. The van der Waals surface area contributed by atoms with Crippen molar-refractivity contribution in [2.24, 2.45) is 0 Å². The summed E-state index contributed by atoms with van der Waals surface area (Å²) >= 11 is 6.03. The van der Waals surface area contributed by atoms with Crippen molar-refractivity contribution in [3.63, 3.8) is 0 Å². The van der Waals surface area contributed by atoms with E-state index in [0.717, 1.165) is 25.1 Å². The van der Waals surface area contributed by atoms with Gasteiger partial charge in [0.15, 0.2) is 0 Å². The molecule has 2 nitrogen and oxygen atoms in total. The molecule has 4 heteroatoms. The SMILES string of the molecule is CCC1CNC2(CCCC2)CN1Cc1cc(Cl)ccc1F. The Balaban J connectivity index is 1.78. The van der Waals surface area contributed by atoms with Gasteiger partial charge in [-0.15, -0.1) is 0 Å². The lowest BCUT2D eigenvalue weighted by molar-refractivity contribution is 0.0709. The Morgan fingerprint density at radius 1 is 1.38 bits per heavy atom. The highest BCUT2D eigenvalue weighted by Crippen LogP contribution is 2.34. The standard InChI is InChI=1S/C17H24ClFN2/c1-2-15-10-20-17(7-3-4-8-17)12-21(15)11-13-9-14(18)5-6-16(13)19/h5-6,9,15,20H,2-4,7-8,10-12H2,1H3. The second-order valence-corrected chi connectivity index (χ2v) is 7.01. The van der Waals surface area contributed by atoms with Crippen LogP contribution in [0.15, 0.2) is 18.2 Å². The Labute approximate surface area is 131 Å². The lowest BCUT2D eigenvalue weighted by Gasteiger charge is -2.46. The molecule has 0 bridgehead atoms. The molecule has 0 aromatic heterocycles. The normalized spacial score (nSPS) is 25.6. The van der Waals surface area contributed by atoms with Gasteiger partial charge >= 0.3 is 0 Å². The van der Waals surface area contributed by atoms with Crippen LogP contribution in [0.4, 0.5) is 4.39 Å². The minimum atomic E-state index is -0.145. The van der Waals surface area contributed by atoms with Crippen molar-refractivity contribution in [1.29, 1.82) is 0 Å². The van der Waals surface area contributed by atoms with Gasteiger partial charge in [-0.25, -0.2) is 4.39 Å². The molecule has 1 spiro atoms. The Morgan fingerprint density at radius 2 is 2.14 bits per heavy atom. The Morgan fingerprint density at radius 3 is 2.86 bits per heavy atom. The molecule has 21 heavy (non-hydrogen) atoms. The van der Waals surface area contributed by atoms with Gasteiger partial charge in [-0.05, 0) is 37.5 Å². The number of piperazine rings is 1. The summed E-state index contributed by atoms with van der Waals surface area (Å²) in [6, 6.07) is 5.35. The molecule has 1 aromatic carbocycles. The van der Waals surface area contributed by atoms with E-state index in [1.807, 2.05) is 0 Å². The minimum Gasteiger partial charge on any atom is -0.308 e. The topological polar surface area (TPSA) is 15.3 Å². The number of benzene rings is 1. The van der Waals surface area contributed by atoms with Gasteiger partial charge in [0.05, 0.1) is 0 Å². The van der Waals surface area contributed by atoms with Crippen LogP contribution in [-0.2, 0) is 6.54 Å². The molecule has 0 radical (unpaired) electrons. The molecule has 2 fully saturated rings. The minimum absolute atomic E-state index is 0.145. The first-order chi connectivity index (χ1) is 10.1. The maximum Gasteiger partial charge on any atom is 0.127 e. The number of nitrogens with one attached hydrogen (secondary N) is 1. The number of hydrogen-bond acceptors (Lipinski definition) is 2. The third-order valence-corrected chi connectivity index (χ3v) is 5.38. The summed E-state index contributed by atoms with van der Waals surface area (Å²) in [5, 5.41) is 4.39. The van der Waals surface area contributed by atoms with Crippen LogP contribution in [0.2, 0.25) is 5.02 Å². The molecular formula is C17H24ClFN2. The van der Waals surface area contributed by atoms with Gasteiger partial charge in [-0.3, -0.25) is 4.90 Å². The summed E-state index contributed by atoms with van der Waals surface area (Å²) in [7, 11) is 0. The fourth-order valence-corrected chi connectivity index (χ4v) is 4.09. The van der Waals surface area contributed by atoms with E-state index in [2.05, 4.69) is 17.1 Å². The van der Waals surface area contributed by atoms with Crippen LogP contribution in [0.1, 0.15) is 44.6 Å². The fraction of sp³-hybridized carbons (Fsp3) is 0.647. The van der Waals surface area contributed by atoms with Gasteiger partial charge in [-0.1, -0.05) is 31.4 Å². The average molecular weight is 311 g/mol. The zero-order valence-corrected chi connectivity index (χ0v) is 13.4. The molecule has 1 heterocycles. The first kappa shape index (κ1) is 15.3. The van der Waals surface area contributed by atoms with Crippen molar-refractivity contribution in [1.82, 2.24) is 10.2 Å². The van der Waals surface area contributed by atoms with E-state index in [0.29, 0.717) is 17.6 Å². The molecule has 0 amide bonds. The molecule has 1 saturated heterocycles. The summed E-state index contributed by atoms with van der Waals surface area (Å²) in [5.74, 6) is -0.145. The highest BCUT2D eigenvalue weighted by Gasteiger charge is 2.40. The van der Waals surface area contributed by atoms with Gasteiger partial charge in [0.2, 0.25) is 0 Å². The van der Waals surface area contributed by atoms with E-state index in [4.69, 9.17) is 11.6 Å². The third kappa shape index (κ3) is 3.25. The molecular weight excluding hydrogens is 287 g/mol. The molecule has 116 valence electrons. The highest BCUT2D eigenvalue weighted by molar-refractivity contribution is 6.30. The maximum absolute atomic E-state index is 14.0. The quantitative estimate of drug-likeness (QED) is 0.908. The van der Waals surface area contributed by atoms with Crippen molar-refractivity contribution < 1.29 is 4.39 Å². The van der Waals surface area contributed by atoms with Crippen molar-refractivity contribution in [3.05, 3.63) is 34.6 Å². The predicted molar refractivity (Wildman–Crippen MR) is 85.1 cm³/mol. The van der Waals surface area contributed by atoms with E-state index in [9.17, 15) is 4.39 Å². The van der Waals surface area contributed by atoms with Crippen molar-refractivity contribution >= 4 is 11.6 Å². The van der Waals surface area contributed by atoms with Gasteiger partial charge < -0.3 is 5.32 Å². The van der Waals surface area contributed by atoms with Gasteiger partial charge in [0.1, 0.15) is 5.82 Å². The Hall–Kier alpha value is -0.640. The highest BCUT2D eigenvalue weighted by atomic mass is 35.5. The van der Waals surface area contributed by atoms with E-state index in [-0.39, 0.29) is 11.4 Å². The first-order valence-corrected chi connectivity index (χ1v) is 8.43. The Bertz CT molecular complexity index is 500. The van der Waals surface area contributed by atoms with E-state index in [1.165, 1.54) is 31.7 Å². The summed E-state index contributed by atoms with van der Waals surface area (Å²) in [5.41, 5.74) is 0.983. The van der Waals surface area contributed by atoms with E-state index < -0.39 is 0 Å². The molecule has 1 saturated carbocycles. The molecule has 1 aliphatic carbocycles. The van der Waals surface area contributed by atoms with Crippen molar-refractivity contribution in [2.75, 3.05) is 13.1 Å². The molecule has 1 unspecified atom stereocenters.